The lowest BCUT2D eigenvalue weighted by atomic mass is 9.65. The first-order valence-electron chi connectivity index (χ1n) is 9.37. The first-order valence-corrected chi connectivity index (χ1v) is 9.37. The number of esters is 1. The van der Waals surface area contributed by atoms with Gasteiger partial charge in [0.25, 0.3) is 0 Å². The van der Waals surface area contributed by atoms with E-state index >= 15 is 0 Å². The van der Waals surface area contributed by atoms with E-state index in [1.807, 2.05) is 12.1 Å². The van der Waals surface area contributed by atoms with Gasteiger partial charge < -0.3 is 15.8 Å². The molecule has 3 N–H and O–H groups in total. The van der Waals surface area contributed by atoms with E-state index in [-0.39, 0.29) is 36.2 Å². The van der Waals surface area contributed by atoms with Crippen molar-refractivity contribution in [1.82, 2.24) is 5.32 Å². The summed E-state index contributed by atoms with van der Waals surface area (Å²) in [7, 11) is 0. The second kappa shape index (κ2) is 9.38. The number of carbonyl (C=O) groups excluding carboxylic acids is 2. The van der Waals surface area contributed by atoms with Crippen molar-refractivity contribution in [2.75, 3.05) is 6.61 Å². The van der Waals surface area contributed by atoms with Gasteiger partial charge in [0.05, 0.1) is 12.2 Å². The fourth-order valence-electron chi connectivity index (χ4n) is 4.31. The van der Waals surface area contributed by atoms with Crippen LogP contribution in [0.25, 0.3) is 0 Å². The second-order valence-corrected chi connectivity index (χ2v) is 7.33. The van der Waals surface area contributed by atoms with Crippen LogP contribution in [0.5, 0.6) is 0 Å². The van der Waals surface area contributed by atoms with Crippen LogP contribution in [0, 0.1) is 17.8 Å². The van der Waals surface area contributed by atoms with Crippen LogP contribution < -0.4 is 11.1 Å². The van der Waals surface area contributed by atoms with Gasteiger partial charge in [0.15, 0.2) is 0 Å². The number of carbonyl (C=O) groups is 2. The Balaban J connectivity index is 0.00000243. The molecule has 2 saturated carbocycles. The lowest BCUT2D eigenvalue weighted by molar-refractivity contribution is -0.128. The van der Waals surface area contributed by atoms with Crippen molar-refractivity contribution < 1.29 is 14.3 Å². The van der Waals surface area contributed by atoms with E-state index in [4.69, 9.17) is 10.5 Å². The largest absolute Gasteiger partial charge is 0.462 e. The number of halogens is 1. The van der Waals surface area contributed by atoms with Gasteiger partial charge in [0.2, 0.25) is 5.91 Å². The Kier molecular flexibility index (Phi) is 7.47. The van der Waals surface area contributed by atoms with Gasteiger partial charge in [-0.15, -0.1) is 12.4 Å². The molecule has 0 spiro atoms. The highest BCUT2D eigenvalue weighted by atomic mass is 35.5. The third kappa shape index (κ3) is 4.77. The second-order valence-electron chi connectivity index (χ2n) is 7.33. The molecule has 2 bridgehead atoms. The summed E-state index contributed by atoms with van der Waals surface area (Å²) in [6.45, 7) is 2.64. The molecule has 2 fully saturated rings. The minimum atomic E-state index is -0.317. The van der Waals surface area contributed by atoms with E-state index in [0.29, 0.717) is 30.6 Å². The van der Waals surface area contributed by atoms with Crippen LogP contribution in [0.3, 0.4) is 0 Å². The number of nitrogens with one attached hydrogen (secondary N) is 1. The highest BCUT2D eigenvalue weighted by Crippen LogP contribution is 2.41. The van der Waals surface area contributed by atoms with Crippen LogP contribution in [-0.2, 0) is 16.1 Å². The summed E-state index contributed by atoms with van der Waals surface area (Å²) in [4.78, 5) is 24.2. The molecule has 1 aromatic rings. The first-order chi connectivity index (χ1) is 12.1. The van der Waals surface area contributed by atoms with Gasteiger partial charge in [-0.05, 0) is 62.1 Å². The van der Waals surface area contributed by atoms with Crippen LogP contribution in [-0.4, -0.2) is 24.5 Å². The third-order valence-electron chi connectivity index (χ3n) is 5.72. The Labute approximate surface area is 161 Å². The van der Waals surface area contributed by atoms with Crippen molar-refractivity contribution in [3.63, 3.8) is 0 Å². The van der Waals surface area contributed by atoms with Crippen molar-refractivity contribution in [3.05, 3.63) is 35.4 Å². The Morgan fingerprint density at radius 2 is 1.77 bits per heavy atom. The molecule has 2 aliphatic rings. The number of hydrogen-bond acceptors (Lipinski definition) is 4. The predicted molar refractivity (Wildman–Crippen MR) is 103 cm³/mol. The zero-order valence-corrected chi connectivity index (χ0v) is 16.1. The van der Waals surface area contributed by atoms with Crippen LogP contribution in [0.1, 0.15) is 54.9 Å². The molecule has 0 radical (unpaired) electrons. The molecule has 0 heterocycles. The van der Waals surface area contributed by atoms with E-state index in [1.54, 1.807) is 19.1 Å². The van der Waals surface area contributed by atoms with E-state index in [2.05, 4.69) is 5.32 Å². The molecule has 3 rings (SSSR count). The van der Waals surface area contributed by atoms with Gasteiger partial charge in [0, 0.05) is 18.5 Å². The van der Waals surface area contributed by atoms with Gasteiger partial charge in [-0.1, -0.05) is 18.6 Å². The summed E-state index contributed by atoms with van der Waals surface area (Å²) < 4.78 is 4.97. The lowest BCUT2D eigenvalue weighted by Crippen LogP contribution is -2.49. The summed E-state index contributed by atoms with van der Waals surface area (Å²) in [5.74, 6) is 0.926. The smallest absolute Gasteiger partial charge is 0.338 e. The first kappa shape index (κ1) is 20.7. The summed E-state index contributed by atoms with van der Waals surface area (Å²) in [6, 6.07) is 7.48. The van der Waals surface area contributed by atoms with Crippen molar-refractivity contribution in [1.29, 1.82) is 0 Å². The number of benzene rings is 1. The molecule has 1 aromatic carbocycles. The molecule has 2 unspecified atom stereocenters. The van der Waals surface area contributed by atoms with Gasteiger partial charge in [-0.3, -0.25) is 4.79 Å². The Bertz CT molecular complexity index is 606. The fraction of sp³-hybridized carbons (Fsp3) is 0.600. The normalized spacial score (nSPS) is 27.2. The summed E-state index contributed by atoms with van der Waals surface area (Å²) in [6.07, 6.45) is 5.42. The quantitative estimate of drug-likeness (QED) is 0.769. The van der Waals surface area contributed by atoms with Crippen LogP contribution in [0.4, 0.5) is 0 Å². The summed E-state index contributed by atoms with van der Waals surface area (Å²) in [5, 5.41) is 3.05. The molecule has 1 amide bonds. The Morgan fingerprint density at radius 3 is 2.35 bits per heavy atom. The molecule has 6 heteroatoms. The Morgan fingerprint density at radius 1 is 1.15 bits per heavy atom. The summed E-state index contributed by atoms with van der Waals surface area (Å²) >= 11 is 0. The minimum Gasteiger partial charge on any atom is -0.462 e. The number of fused-ring (bicyclic) bond motifs is 2. The van der Waals surface area contributed by atoms with Gasteiger partial charge >= 0.3 is 5.97 Å². The maximum atomic E-state index is 12.5. The highest BCUT2D eigenvalue weighted by Gasteiger charge is 2.40. The molecule has 2 aliphatic carbocycles. The number of amides is 1. The average molecular weight is 381 g/mol. The van der Waals surface area contributed by atoms with E-state index in [0.717, 1.165) is 31.2 Å². The lowest BCUT2D eigenvalue weighted by Gasteiger charge is -2.43. The standard InChI is InChI=1S/C20H28N2O3.ClH/c1-2-25-20(24)14-8-6-13(7-9-14)12-22-19(23)17-10-15-4-3-5-16(11-17)18(15)21;/h6-9,15-18H,2-5,10-12,21H2,1H3,(H,22,23);1H. The van der Waals surface area contributed by atoms with E-state index in [9.17, 15) is 9.59 Å². The van der Waals surface area contributed by atoms with E-state index in [1.165, 1.54) is 6.42 Å². The topological polar surface area (TPSA) is 81.4 Å². The SMILES string of the molecule is CCOC(=O)c1ccc(CNC(=O)C2CC3CCCC(C2)C3N)cc1.Cl. The maximum absolute atomic E-state index is 12.5. The fourth-order valence-corrected chi connectivity index (χ4v) is 4.31. The monoisotopic (exact) mass is 380 g/mol. The van der Waals surface area contributed by atoms with E-state index < -0.39 is 0 Å². The molecule has 5 nitrogen and oxygen atoms in total. The third-order valence-corrected chi connectivity index (χ3v) is 5.72. The maximum Gasteiger partial charge on any atom is 0.338 e. The molecular formula is C20H29ClN2O3. The highest BCUT2D eigenvalue weighted by molar-refractivity contribution is 5.89. The molecule has 0 aromatic heterocycles. The molecule has 144 valence electrons. The van der Waals surface area contributed by atoms with Crippen molar-refractivity contribution >= 4 is 24.3 Å². The molecule has 0 saturated heterocycles. The molecular weight excluding hydrogens is 352 g/mol. The molecule has 26 heavy (non-hydrogen) atoms. The van der Waals surface area contributed by atoms with Crippen molar-refractivity contribution in [2.24, 2.45) is 23.5 Å². The molecule has 2 atom stereocenters. The van der Waals surface area contributed by atoms with Crippen molar-refractivity contribution in [2.45, 2.75) is 51.6 Å². The van der Waals surface area contributed by atoms with Gasteiger partial charge in [0.1, 0.15) is 0 Å². The average Bonchev–Trinajstić information content (AvgIpc) is 2.60. The zero-order valence-electron chi connectivity index (χ0n) is 15.3. The van der Waals surface area contributed by atoms with Crippen LogP contribution in [0.2, 0.25) is 0 Å². The number of hydrogen-bond donors (Lipinski definition) is 2. The number of nitrogens with two attached hydrogens (primary N) is 1. The van der Waals surface area contributed by atoms with Crippen LogP contribution >= 0.6 is 12.4 Å². The summed E-state index contributed by atoms with van der Waals surface area (Å²) in [5.41, 5.74) is 7.82. The van der Waals surface area contributed by atoms with Gasteiger partial charge in [-0.2, -0.15) is 0 Å². The van der Waals surface area contributed by atoms with Crippen LogP contribution in [0.15, 0.2) is 24.3 Å². The predicted octanol–water partition coefficient (Wildman–Crippen LogP) is 3.05. The van der Waals surface area contributed by atoms with Crippen molar-refractivity contribution in [3.8, 4) is 0 Å². The minimum absolute atomic E-state index is 0. The Hall–Kier alpha value is -1.59. The number of ether oxygens (including phenoxy) is 1. The number of rotatable bonds is 5. The zero-order chi connectivity index (χ0) is 17.8. The van der Waals surface area contributed by atoms with Gasteiger partial charge in [-0.25, -0.2) is 4.79 Å². The molecule has 0 aliphatic heterocycles.